The Morgan fingerprint density at radius 3 is 0.977 bits per heavy atom. The molecular weight excluding hydrogens is 542 g/mol. The molecule has 2 amide bonds. The molecule has 0 bridgehead atoms. The van der Waals surface area contributed by atoms with Crippen LogP contribution in [0.5, 0.6) is 0 Å². The maximum Gasteiger partial charge on any atom is 0.221 e. The van der Waals surface area contributed by atoms with Crippen LogP contribution in [0.4, 0.5) is 0 Å². The summed E-state index contributed by atoms with van der Waals surface area (Å²) in [5, 5.41) is 6.53. The van der Waals surface area contributed by atoms with E-state index in [2.05, 4.69) is 31.4 Å². The molecule has 0 aliphatic heterocycles. The van der Waals surface area contributed by atoms with Crippen LogP contribution in [0, 0.1) is 0 Å². The summed E-state index contributed by atoms with van der Waals surface area (Å²) < 4.78 is 0. The summed E-state index contributed by atoms with van der Waals surface area (Å²) in [6.45, 7) is 7.23. The van der Waals surface area contributed by atoms with E-state index in [1.165, 1.54) is 141 Å². The van der Waals surface area contributed by atoms with Gasteiger partial charge in [0.25, 0.3) is 0 Å². The standard InChI is InChI=1S/C39H79N3O2/c1-4-7-9-11-13-15-17-19-21-23-25-27-29-32-37(43)41-39(34-6-3,35-31-36-40)42-38(44)33-30-28-26-24-22-20-18-16-14-12-10-8-5-2/h4-36,40H2,1-3H3,(H,41,43)(H,42,44). The molecule has 44 heavy (non-hydrogen) atoms. The molecule has 0 aromatic heterocycles. The number of nitrogens with one attached hydrogen (secondary N) is 2. The van der Waals surface area contributed by atoms with Gasteiger partial charge in [0.1, 0.15) is 5.66 Å². The maximum absolute atomic E-state index is 13.0. The topological polar surface area (TPSA) is 84.2 Å². The Hall–Kier alpha value is -1.10. The lowest BCUT2D eigenvalue weighted by Crippen LogP contribution is -2.60. The summed E-state index contributed by atoms with van der Waals surface area (Å²) in [4.78, 5) is 25.9. The van der Waals surface area contributed by atoms with Gasteiger partial charge in [0.15, 0.2) is 0 Å². The van der Waals surface area contributed by atoms with Crippen molar-refractivity contribution in [2.45, 2.75) is 232 Å². The van der Waals surface area contributed by atoms with E-state index in [-0.39, 0.29) is 11.8 Å². The first-order valence-corrected chi connectivity index (χ1v) is 19.9. The normalized spacial score (nSPS) is 11.6. The maximum atomic E-state index is 13.0. The Bertz CT molecular complexity index is 580. The molecule has 262 valence electrons. The summed E-state index contributed by atoms with van der Waals surface area (Å²) in [6.07, 6.45) is 38.1. The molecule has 0 radical (unpaired) electrons. The van der Waals surface area contributed by atoms with Gasteiger partial charge in [-0.05, 0) is 38.6 Å². The number of hydrogen-bond donors (Lipinski definition) is 3. The lowest BCUT2D eigenvalue weighted by atomic mass is 9.96. The molecule has 0 unspecified atom stereocenters. The Balaban J connectivity index is 4.16. The summed E-state index contributed by atoms with van der Waals surface area (Å²) in [5.74, 6) is 0.139. The fraction of sp³-hybridized carbons (Fsp3) is 0.949. The van der Waals surface area contributed by atoms with E-state index in [1.54, 1.807) is 0 Å². The van der Waals surface area contributed by atoms with Crippen LogP contribution in [0.3, 0.4) is 0 Å². The van der Waals surface area contributed by atoms with Gasteiger partial charge in [-0.15, -0.1) is 0 Å². The van der Waals surface area contributed by atoms with Crippen molar-refractivity contribution >= 4 is 11.8 Å². The van der Waals surface area contributed by atoms with Gasteiger partial charge in [-0.3, -0.25) is 9.59 Å². The molecule has 0 aliphatic rings. The molecule has 0 aromatic carbocycles. The first kappa shape index (κ1) is 42.9. The molecule has 0 rings (SSSR count). The highest BCUT2D eigenvalue weighted by atomic mass is 16.2. The fourth-order valence-electron chi connectivity index (χ4n) is 6.50. The number of carbonyl (C=O) groups is 2. The van der Waals surface area contributed by atoms with Crippen LogP contribution in [-0.4, -0.2) is 24.0 Å². The number of hydrogen-bond acceptors (Lipinski definition) is 3. The molecule has 0 aromatic rings. The van der Waals surface area contributed by atoms with Crippen LogP contribution in [0.15, 0.2) is 0 Å². The minimum absolute atomic E-state index is 0.0693. The zero-order valence-corrected chi connectivity index (χ0v) is 30.2. The molecule has 0 atom stereocenters. The summed E-state index contributed by atoms with van der Waals surface area (Å²) in [5.41, 5.74) is 5.19. The number of carbonyl (C=O) groups excluding carboxylic acids is 2. The molecule has 4 N–H and O–H groups in total. The second-order valence-corrected chi connectivity index (χ2v) is 13.8. The quantitative estimate of drug-likeness (QED) is 0.0486. The predicted molar refractivity (Wildman–Crippen MR) is 193 cm³/mol. The van der Waals surface area contributed by atoms with Crippen molar-refractivity contribution in [2.24, 2.45) is 5.73 Å². The van der Waals surface area contributed by atoms with Crippen molar-refractivity contribution in [1.29, 1.82) is 0 Å². The van der Waals surface area contributed by atoms with Gasteiger partial charge in [0, 0.05) is 12.8 Å². The second-order valence-electron chi connectivity index (χ2n) is 13.8. The first-order valence-electron chi connectivity index (χ1n) is 19.9. The van der Waals surface area contributed by atoms with Crippen LogP contribution in [-0.2, 0) is 9.59 Å². The van der Waals surface area contributed by atoms with E-state index in [1.807, 2.05) is 0 Å². The van der Waals surface area contributed by atoms with E-state index in [4.69, 9.17) is 5.73 Å². The van der Waals surface area contributed by atoms with E-state index < -0.39 is 5.66 Å². The van der Waals surface area contributed by atoms with Gasteiger partial charge in [0.05, 0.1) is 0 Å². The largest absolute Gasteiger partial charge is 0.333 e. The van der Waals surface area contributed by atoms with E-state index in [0.717, 1.165) is 44.9 Å². The van der Waals surface area contributed by atoms with Gasteiger partial charge in [-0.1, -0.05) is 181 Å². The lowest BCUT2D eigenvalue weighted by molar-refractivity contribution is -0.127. The van der Waals surface area contributed by atoms with Gasteiger partial charge >= 0.3 is 0 Å². The fourth-order valence-corrected chi connectivity index (χ4v) is 6.50. The van der Waals surface area contributed by atoms with E-state index in [9.17, 15) is 9.59 Å². The van der Waals surface area contributed by atoms with Crippen molar-refractivity contribution in [1.82, 2.24) is 10.6 Å². The predicted octanol–water partition coefficient (Wildman–Crippen LogP) is 11.4. The third kappa shape index (κ3) is 28.4. The monoisotopic (exact) mass is 622 g/mol. The average molecular weight is 622 g/mol. The average Bonchev–Trinajstić information content (AvgIpc) is 3.01. The number of rotatable bonds is 35. The summed E-state index contributed by atoms with van der Waals surface area (Å²) in [6, 6.07) is 0. The zero-order chi connectivity index (χ0) is 32.4. The molecular formula is C39H79N3O2. The highest BCUT2D eigenvalue weighted by Gasteiger charge is 2.31. The van der Waals surface area contributed by atoms with Crippen molar-refractivity contribution in [3.63, 3.8) is 0 Å². The lowest BCUT2D eigenvalue weighted by Gasteiger charge is -2.36. The molecule has 0 aliphatic carbocycles. The highest BCUT2D eigenvalue weighted by Crippen LogP contribution is 2.19. The molecule has 0 saturated carbocycles. The van der Waals surface area contributed by atoms with E-state index >= 15 is 0 Å². The van der Waals surface area contributed by atoms with Gasteiger partial charge in [-0.25, -0.2) is 0 Å². The Morgan fingerprint density at radius 2 is 0.705 bits per heavy atom. The van der Waals surface area contributed by atoms with Crippen molar-refractivity contribution in [2.75, 3.05) is 6.54 Å². The third-order valence-corrected chi connectivity index (χ3v) is 9.26. The van der Waals surface area contributed by atoms with Gasteiger partial charge in [-0.2, -0.15) is 0 Å². The van der Waals surface area contributed by atoms with Crippen molar-refractivity contribution in [3.05, 3.63) is 0 Å². The van der Waals surface area contributed by atoms with Crippen LogP contribution < -0.4 is 16.4 Å². The molecule has 0 spiro atoms. The van der Waals surface area contributed by atoms with Gasteiger partial charge in [0.2, 0.25) is 11.8 Å². The van der Waals surface area contributed by atoms with Gasteiger partial charge < -0.3 is 16.4 Å². The van der Waals surface area contributed by atoms with Crippen LogP contribution in [0.25, 0.3) is 0 Å². The number of amides is 2. The Labute approximate surface area is 275 Å². The van der Waals surface area contributed by atoms with E-state index in [0.29, 0.717) is 25.8 Å². The summed E-state index contributed by atoms with van der Waals surface area (Å²) >= 11 is 0. The molecule has 0 saturated heterocycles. The highest BCUT2D eigenvalue weighted by molar-refractivity contribution is 5.80. The number of nitrogens with two attached hydrogens (primary N) is 1. The molecule has 0 heterocycles. The second kappa shape index (κ2) is 33.3. The first-order chi connectivity index (χ1) is 21.5. The Morgan fingerprint density at radius 1 is 0.409 bits per heavy atom. The number of unbranched alkanes of at least 4 members (excludes halogenated alkanes) is 24. The molecule has 5 heteroatoms. The summed E-state index contributed by atoms with van der Waals surface area (Å²) in [7, 11) is 0. The van der Waals surface area contributed by atoms with Crippen LogP contribution in [0.2, 0.25) is 0 Å². The van der Waals surface area contributed by atoms with Crippen molar-refractivity contribution in [3.8, 4) is 0 Å². The SMILES string of the molecule is CCCCCCCCCCCCCCCC(=O)NC(CCC)(CCCN)NC(=O)CCCCCCCCCCCCCCC. The van der Waals surface area contributed by atoms with Crippen LogP contribution in [0.1, 0.15) is 226 Å². The van der Waals surface area contributed by atoms with Crippen molar-refractivity contribution < 1.29 is 9.59 Å². The Kier molecular flexibility index (Phi) is 32.4. The zero-order valence-electron chi connectivity index (χ0n) is 30.2. The minimum Gasteiger partial charge on any atom is -0.333 e. The minimum atomic E-state index is -0.657. The van der Waals surface area contributed by atoms with Crippen LogP contribution >= 0.6 is 0 Å². The molecule has 5 nitrogen and oxygen atoms in total. The molecule has 0 fully saturated rings. The third-order valence-electron chi connectivity index (χ3n) is 9.26. The smallest absolute Gasteiger partial charge is 0.221 e.